The van der Waals surface area contributed by atoms with E-state index in [9.17, 15) is 9.59 Å². The first kappa shape index (κ1) is 18.0. The normalized spacial score (nSPS) is 18.9. The summed E-state index contributed by atoms with van der Waals surface area (Å²) in [5.74, 6) is 0.0193. The van der Waals surface area contributed by atoms with Crippen molar-refractivity contribution in [2.24, 2.45) is 7.05 Å². The molecule has 1 fully saturated rings. The minimum absolute atomic E-state index is 0.0430. The van der Waals surface area contributed by atoms with E-state index in [0.717, 1.165) is 12.0 Å². The van der Waals surface area contributed by atoms with Gasteiger partial charge in [0.05, 0.1) is 11.9 Å². The number of alkyl carbamates (subject to hydrolysis) is 1. The molecule has 1 aromatic heterocycles. The first-order valence-corrected chi connectivity index (χ1v) is 8.61. The Hall–Kier alpha value is -2.83. The molecule has 3 rings (SSSR count). The summed E-state index contributed by atoms with van der Waals surface area (Å²) in [6, 6.07) is 7.51. The standard InChI is InChI=1S/C19H24N4O3/c1-19(2,3)26-18(25)22-16-9-15(16)12-6-5-7-13(8-12)17(24)21-14-10-20-23(4)11-14/h5-8,10-11,15-16H,9H2,1-4H3,(H,21,24)(H,22,25)/t15-,16+/m0/s1. The molecule has 2 aromatic rings. The van der Waals surface area contributed by atoms with Crippen LogP contribution in [0.5, 0.6) is 0 Å². The number of carbonyl (C=O) groups is 2. The molecule has 1 saturated carbocycles. The quantitative estimate of drug-likeness (QED) is 0.882. The maximum atomic E-state index is 12.4. The number of nitrogens with one attached hydrogen (secondary N) is 2. The van der Waals surface area contributed by atoms with Gasteiger partial charge in [-0.25, -0.2) is 4.79 Å². The van der Waals surface area contributed by atoms with Crippen molar-refractivity contribution in [3.05, 3.63) is 47.8 Å². The molecule has 0 saturated heterocycles. The Kier molecular flexibility index (Phi) is 4.71. The van der Waals surface area contributed by atoms with Gasteiger partial charge >= 0.3 is 6.09 Å². The predicted molar refractivity (Wildman–Crippen MR) is 98.1 cm³/mol. The first-order chi connectivity index (χ1) is 12.2. The van der Waals surface area contributed by atoms with Crippen LogP contribution in [0, 0.1) is 0 Å². The maximum Gasteiger partial charge on any atom is 0.407 e. The number of aromatic nitrogens is 2. The van der Waals surface area contributed by atoms with Gasteiger partial charge in [-0.05, 0) is 44.9 Å². The van der Waals surface area contributed by atoms with Crippen molar-refractivity contribution in [1.29, 1.82) is 0 Å². The van der Waals surface area contributed by atoms with Gasteiger partial charge in [0, 0.05) is 30.8 Å². The van der Waals surface area contributed by atoms with Gasteiger partial charge in [-0.3, -0.25) is 9.48 Å². The number of hydrogen-bond acceptors (Lipinski definition) is 4. The Morgan fingerprint density at radius 2 is 2.08 bits per heavy atom. The third-order valence-electron chi connectivity index (χ3n) is 4.03. The molecule has 0 spiro atoms. The molecule has 1 aromatic carbocycles. The fourth-order valence-electron chi connectivity index (χ4n) is 2.78. The number of amides is 2. The lowest BCUT2D eigenvalue weighted by molar-refractivity contribution is 0.0522. The second-order valence-electron chi connectivity index (χ2n) is 7.58. The van der Waals surface area contributed by atoms with Crippen LogP contribution in [0.1, 0.15) is 49.0 Å². The molecular formula is C19H24N4O3. The van der Waals surface area contributed by atoms with Crippen LogP contribution in [0.4, 0.5) is 10.5 Å². The molecule has 2 atom stereocenters. The number of hydrogen-bond donors (Lipinski definition) is 2. The Morgan fingerprint density at radius 3 is 2.73 bits per heavy atom. The molecule has 7 heteroatoms. The van der Waals surface area contributed by atoms with Gasteiger partial charge in [0.2, 0.25) is 0 Å². The van der Waals surface area contributed by atoms with E-state index < -0.39 is 11.7 Å². The molecule has 26 heavy (non-hydrogen) atoms. The molecule has 0 radical (unpaired) electrons. The number of nitrogens with zero attached hydrogens (tertiary/aromatic N) is 2. The van der Waals surface area contributed by atoms with Gasteiger partial charge in [-0.2, -0.15) is 5.10 Å². The fourth-order valence-corrected chi connectivity index (χ4v) is 2.78. The minimum Gasteiger partial charge on any atom is -0.444 e. The summed E-state index contributed by atoms with van der Waals surface area (Å²) in [7, 11) is 1.79. The van der Waals surface area contributed by atoms with E-state index in [2.05, 4.69) is 15.7 Å². The van der Waals surface area contributed by atoms with Crippen molar-refractivity contribution in [3.63, 3.8) is 0 Å². The topological polar surface area (TPSA) is 85.2 Å². The zero-order chi connectivity index (χ0) is 18.9. The maximum absolute atomic E-state index is 12.4. The molecule has 0 unspecified atom stereocenters. The van der Waals surface area contributed by atoms with Gasteiger partial charge in [0.25, 0.3) is 5.91 Å². The number of anilines is 1. The third kappa shape index (κ3) is 4.62. The lowest BCUT2D eigenvalue weighted by atomic mass is 10.1. The number of aryl methyl sites for hydroxylation is 1. The van der Waals surface area contributed by atoms with E-state index in [1.165, 1.54) is 0 Å². The van der Waals surface area contributed by atoms with Crippen LogP contribution in [0.3, 0.4) is 0 Å². The summed E-state index contributed by atoms with van der Waals surface area (Å²) in [4.78, 5) is 24.3. The lowest BCUT2D eigenvalue weighted by Gasteiger charge is -2.19. The molecule has 1 heterocycles. The van der Waals surface area contributed by atoms with Crippen LogP contribution in [-0.4, -0.2) is 33.4 Å². The molecule has 0 bridgehead atoms. The smallest absolute Gasteiger partial charge is 0.407 e. The fraction of sp³-hybridized carbons (Fsp3) is 0.421. The molecule has 1 aliphatic rings. The van der Waals surface area contributed by atoms with Crippen LogP contribution >= 0.6 is 0 Å². The summed E-state index contributed by atoms with van der Waals surface area (Å²) in [6.45, 7) is 5.50. The van der Waals surface area contributed by atoms with E-state index >= 15 is 0 Å². The first-order valence-electron chi connectivity index (χ1n) is 8.61. The summed E-state index contributed by atoms with van der Waals surface area (Å²) in [5, 5.41) is 9.73. The number of benzene rings is 1. The monoisotopic (exact) mass is 356 g/mol. The van der Waals surface area contributed by atoms with Crippen LogP contribution in [0.25, 0.3) is 0 Å². The van der Waals surface area contributed by atoms with Crippen LogP contribution < -0.4 is 10.6 Å². The zero-order valence-corrected chi connectivity index (χ0v) is 15.4. The largest absolute Gasteiger partial charge is 0.444 e. The molecule has 1 aliphatic carbocycles. The number of ether oxygens (including phenoxy) is 1. The Balaban J connectivity index is 1.60. The van der Waals surface area contributed by atoms with Crippen molar-refractivity contribution in [2.45, 2.75) is 44.8 Å². The SMILES string of the molecule is Cn1cc(NC(=O)c2cccc([C@@H]3C[C@H]3NC(=O)OC(C)(C)C)c2)cn1. The zero-order valence-electron chi connectivity index (χ0n) is 15.4. The van der Waals surface area contributed by atoms with Gasteiger partial charge in [0.1, 0.15) is 5.60 Å². The summed E-state index contributed by atoms with van der Waals surface area (Å²) in [6.07, 6.45) is 3.77. The van der Waals surface area contributed by atoms with Gasteiger partial charge in [-0.15, -0.1) is 0 Å². The van der Waals surface area contributed by atoms with Crippen molar-refractivity contribution in [1.82, 2.24) is 15.1 Å². The Bertz CT molecular complexity index is 822. The van der Waals surface area contributed by atoms with E-state index in [1.54, 1.807) is 30.2 Å². The van der Waals surface area contributed by atoms with Gasteiger partial charge in [-0.1, -0.05) is 12.1 Å². The van der Waals surface area contributed by atoms with E-state index in [0.29, 0.717) is 11.3 Å². The molecular weight excluding hydrogens is 332 g/mol. The highest BCUT2D eigenvalue weighted by Gasteiger charge is 2.40. The highest BCUT2D eigenvalue weighted by molar-refractivity contribution is 6.04. The van der Waals surface area contributed by atoms with E-state index in [-0.39, 0.29) is 17.9 Å². The van der Waals surface area contributed by atoms with Crippen LogP contribution in [0.2, 0.25) is 0 Å². The average Bonchev–Trinajstić information content (AvgIpc) is 3.18. The molecule has 2 N–H and O–H groups in total. The van der Waals surface area contributed by atoms with Gasteiger partial charge < -0.3 is 15.4 Å². The Morgan fingerprint density at radius 1 is 1.31 bits per heavy atom. The number of rotatable bonds is 4. The number of carbonyl (C=O) groups excluding carboxylic acids is 2. The minimum atomic E-state index is -0.515. The summed E-state index contributed by atoms with van der Waals surface area (Å²) >= 11 is 0. The van der Waals surface area contributed by atoms with Crippen molar-refractivity contribution in [3.8, 4) is 0 Å². The molecule has 0 aliphatic heterocycles. The highest BCUT2D eigenvalue weighted by atomic mass is 16.6. The average molecular weight is 356 g/mol. The second kappa shape index (κ2) is 6.82. The molecule has 2 amide bonds. The summed E-state index contributed by atoms with van der Waals surface area (Å²) in [5.41, 5.74) is 1.75. The van der Waals surface area contributed by atoms with Crippen LogP contribution in [0.15, 0.2) is 36.7 Å². The summed E-state index contributed by atoms with van der Waals surface area (Å²) < 4.78 is 6.91. The molecule has 7 nitrogen and oxygen atoms in total. The van der Waals surface area contributed by atoms with Crippen LogP contribution in [-0.2, 0) is 11.8 Å². The molecule has 138 valence electrons. The Labute approximate surface area is 152 Å². The van der Waals surface area contributed by atoms with Crippen molar-refractivity contribution in [2.75, 3.05) is 5.32 Å². The van der Waals surface area contributed by atoms with Gasteiger partial charge in [0.15, 0.2) is 0 Å². The third-order valence-corrected chi connectivity index (χ3v) is 4.03. The van der Waals surface area contributed by atoms with Crippen molar-refractivity contribution >= 4 is 17.7 Å². The van der Waals surface area contributed by atoms with E-state index in [1.807, 2.05) is 39.0 Å². The highest BCUT2D eigenvalue weighted by Crippen LogP contribution is 2.41. The second-order valence-corrected chi connectivity index (χ2v) is 7.58. The van der Waals surface area contributed by atoms with Crippen molar-refractivity contribution < 1.29 is 14.3 Å². The lowest BCUT2D eigenvalue weighted by Crippen LogP contribution is -2.34. The van der Waals surface area contributed by atoms with E-state index in [4.69, 9.17) is 4.74 Å². The predicted octanol–water partition coefficient (Wildman–Crippen LogP) is 3.05.